The predicted molar refractivity (Wildman–Crippen MR) is 115 cm³/mol. The molecule has 0 aromatic heterocycles. The fraction of sp³-hybridized carbons (Fsp3) is 0.417. The second kappa shape index (κ2) is 11.4. The number of hydrogen-bond acceptors (Lipinski definition) is 3. The molecule has 2 N–H and O–H groups in total. The lowest BCUT2D eigenvalue weighted by Crippen LogP contribution is -2.37. The second-order valence-electron chi connectivity index (χ2n) is 7.46. The van der Waals surface area contributed by atoms with Gasteiger partial charge in [0.2, 0.25) is 5.91 Å². The first-order valence-corrected chi connectivity index (χ1v) is 10.5. The molecule has 3 rings (SSSR count). The molecular weight excluding hydrogens is 364 g/mol. The summed E-state index contributed by atoms with van der Waals surface area (Å²) in [7, 11) is 0. The Morgan fingerprint density at radius 3 is 2.28 bits per heavy atom. The molecular formula is C24H30N2O3. The van der Waals surface area contributed by atoms with Gasteiger partial charge in [0.25, 0.3) is 5.91 Å². The van der Waals surface area contributed by atoms with Crippen molar-refractivity contribution in [2.45, 2.75) is 44.6 Å². The number of carbonyl (C=O) groups is 2. The van der Waals surface area contributed by atoms with Gasteiger partial charge in [0.05, 0.1) is 12.6 Å². The number of hydrogen-bond donors (Lipinski definition) is 2. The quantitative estimate of drug-likeness (QED) is 0.633. The Balaban J connectivity index is 1.32. The molecule has 5 nitrogen and oxygen atoms in total. The number of nitrogens with one attached hydrogen (secondary N) is 2. The van der Waals surface area contributed by atoms with Crippen LogP contribution in [0.3, 0.4) is 0 Å². The molecule has 1 aliphatic carbocycles. The van der Waals surface area contributed by atoms with E-state index in [1.54, 1.807) is 12.1 Å². The SMILES string of the molecule is O=C(CNC(=O)c1ccc(-c2ccccc2)cc1)NCCCOC1CCCCC1. The monoisotopic (exact) mass is 394 g/mol. The van der Waals surface area contributed by atoms with Gasteiger partial charge < -0.3 is 15.4 Å². The highest BCUT2D eigenvalue weighted by atomic mass is 16.5. The molecule has 0 heterocycles. The summed E-state index contributed by atoms with van der Waals surface area (Å²) in [6.07, 6.45) is 7.34. The van der Waals surface area contributed by atoms with Gasteiger partial charge in [0.15, 0.2) is 0 Å². The Hall–Kier alpha value is -2.66. The minimum absolute atomic E-state index is 0.0250. The normalized spacial score (nSPS) is 14.3. The van der Waals surface area contributed by atoms with Crippen LogP contribution in [0.5, 0.6) is 0 Å². The molecule has 1 fully saturated rings. The highest BCUT2D eigenvalue weighted by molar-refractivity contribution is 5.96. The molecule has 1 aliphatic rings. The standard InChI is InChI=1S/C24H30N2O3/c27-23(25-16-7-17-29-22-10-5-2-6-11-22)18-26-24(28)21-14-12-20(13-15-21)19-8-3-1-4-9-19/h1,3-4,8-9,12-15,22H,2,5-7,10-11,16-18H2,(H,25,27)(H,26,28). The average Bonchev–Trinajstić information content (AvgIpc) is 2.78. The molecule has 2 aromatic rings. The Kier molecular flexibility index (Phi) is 8.25. The van der Waals surface area contributed by atoms with Crippen LogP contribution in [0.25, 0.3) is 11.1 Å². The molecule has 0 aliphatic heterocycles. The van der Waals surface area contributed by atoms with Gasteiger partial charge in [0, 0.05) is 18.7 Å². The van der Waals surface area contributed by atoms with E-state index in [9.17, 15) is 9.59 Å². The third kappa shape index (κ3) is 7.02. The summed E-state index contributed by atoms with van der Waals surface area (Å²) >= 11 is 0. The van der Waals surface area contributed by atoms with E-state index in [0.29, 0.717) is 24.8 Å². The van der Waals surface area contributed by atoms with Gasteiger partial charge in [-0.2, -0.15) is 0 Å². The largest absolute Gasteiger partial charge is 0.378 e. The molecule has 0 bridgehead atoms. The summed E-state index contributed by atoms with van der Waals surface area (Å²) in [6.45, 7) is 1.21. The third-order valence-corrected chi connectivity index (χ3v) is 5.21. The zero-order valence-electron chi connectivity index (χ0n) is 16.9. The van der Waals surface area contributed by atoms with E-state index < -0.39 is 0 Å². The molecule has 0 unspecified atom stereocenters. The van der Waals surface area contributed by atoms with E-state index in [1.807, 2.05) is 42.5 Å². The van der Waals surface area contributed by atoms with E-state index in [1.165, 1.54) is 19.3 Å². The molecule has 2 amide bonds. The first-order valence-electron chi connectivity index (χ1n) is 10.5. The highest BCUT2D eigenvalue weighted by Crippen LogP contribution is 2.20. The van der Waals surface area contributed by atoms with Crippen LogP contribution in [0, 0.1) is 0 Å². The Bertz CT molecular complexity index is 768. The lowest BCUT2D eigenvalue weighted by molar-refractivity contribution is -0.120. The second-order valence-corrected chi connectivity index (χ2v) is 7.46. The molecule has 0 radical (unpaired) electrons. The van der Waals surface area contributed by atoms with Crippen molar-refractivity contribution in [3.63, 3.8) is 0 Å². The van der Waals surface area contributed by atoms with Crippen LogP contribution in [0.15, 0.2) is 54.6 Å². The highest BCUT2D eigenvalue weighted by Gasteiger charge is 2.13. The molecule has 154 valence electrons. The summed E-state index contributed by atoms with van der Waals surface area (Å²) in [5.74, 6) is -0.433. The van der Waals surface area contributed by atoms with Gasteiger partial charge >= 0.3 is 0 Å². The summed E-state index contributed by atoms with van der Waals surface area (Å²) in [6, 6.07) is 17.4. The van der Waals surface area contributed by atoms with E-state index in [2.05, 4.69) is 10.6 Å². The maximum atomic E-state index is 12.2. The Labute approximate surface area is 172 Å². The third-order valence-electron chi connectivity index (χ3n) is 5.21. The topological polar surface area (TPSA) is 67.4 Å². The maximum absolute atomic E-state index is 12.2. The minimum Gasteiger partial charge on any atom is -0.378 e. The maximum Gasteiger partial charge on any atom is 0.251 e. The molecule has 2 aromatic carbocycles. The predicted octanol–water partition coefficient (Wildman–Crippen LogP) is 3.94. The lowest BCUT2D eigenvalue weighted by Gasteiger charge is -2.21. The number of ether oxygens (including phenoxy) is 1. The van der Waals surface area contributed by atoms with Crippen LogP contribution in [0.1, 0.15) is 48.9 Å². The van der Waals surface area contributed by atoms with E-state index in [4.69, 9.17) is 4.74 Å². The van der Waals surface area contributed by atoms with Crippen molar-refractivity contribution in [2.24, 2.45) is 0 Å². The van der Waals surface area contributed by atoms with E-state index in [-0.39, 0.29) is 18.4 Å². The zero-order valence-corrected chi connectivity index (χ0v) is 16.9. The molecule has 0 saturated heterocycles. The van der Waals surface area contributed by atoms with Crippen LogP contribution in [0.4, 0.5) is 0 Å². The van der Waals surface area contributed by atoms with Gasteiger partial charge in [-0.05, 0) is 42.5 Å². The number of carbonyl (C=O) groups excluding carboxylic acids is 2. The van der Waals surface area contributed by atoms with Gasteiger partial charge in [0.1, 0.15) is 0 Å². The number of rotatable bonds is 9. The molecule has 0 atom stereocenters. The van der Waals surface area contributed by atoms with E-state index in [0.717, 1.165) is 30.4 Å². The average molecular weight is 395 g/mol. The summed E-state index contributed by atoms with van der Waals surface area (Å²) in [5, 5.41) is 5.49. The Morgan fingerprint density at radius 1 is 0.862 bits per heavy atom. The summed E-state index contributed by atoms with van der Waals surface area (Å²) in [5.41, 5.74) is 2.69. The van der Waals surface area contributed by atoms with Crippen LogP contribution in [-0.2, 0) is 9.53 Å². The van der Waals surface area contributed by atoms with Crippen LogP contribution in [-0.4, -0.2) is 37.6 Å². The summed E-state index contributed by atoms with van der Waals surface area (Å²) in [4.78, 5) is 24.2. The van der Waals surface area contributed by atoms with Crippen molar-refractivity contribution in [2.75, 3.05) is 19.7 Å². The van der Waals surface area contributed by atoms with Crippen molar-refractivity contribution in [1.29, 1.82) is 0 Å². The van der Waals surface area contributed by atoms with Crippen molar-refractivity contribution >= 4 is 11.8 Å². The van der Waals surface area contributed by atoms with Crippen LogP contribution < -0.4 is 10.6 Å². The van der Waals surface area contributed by atoms with Crippen LogP contribution >= 0.6 is 0 Å². The van der Waals surface area contributed by atoms with Gasteiger partial charge in [-0.15, -0.1) is 0 Å². The molecule has 1 saturated carbocycles. The number of benzene rings is 2. The number of amides is 2. The zero-order chi connectivity index (χ0) is 20.3. The summed E-state index contributed by atoms with van der Waals surface area (Å²) < 4.78 is 5.84. The fourth-order valence-corrected chi connectivity index (χ4v) is 3.55. The van der Waals surface area contributed by atoms with Crippen molar-refractivity contribution in [3.05, 3.63) is 60.2 Å². The van der Waals surface area contributed by atoms with Crippen LogP contribution in [0.2, 0.25) is 0 Å². The molecule has 29 heavy (non-hydrogen) atoms. The van der Waals surface area contributed by atoms with Crippen molar-refractivity contribution in [1.82, 2.24) is 10.6 Å². The van der Waals surface area contributed by atoms with Crippen molar-refractivity contribution in [3.8, 4) is 11.1 Å². The van der Waals surface area contributed by atoms with Crippen molar-refractivity contribution < 1.29 is 14.3 Å². The Morgan fingerprint density at radius 2 is 1.55 bits per heavy atom. The lowest BCUT2D eigenvalue weighted by atomic mass is 9.98. The van der Waals surface area contributed by atoms with Gasteiger partial charge in [-0.1, -0.05) is 61.7 Å². The first-order chi connectivity index (χ1) is 14.2. The van der Waals surface area contributed by atoms with Gasteiger partial charge in [-0.25, -0.2) is 0 Å². The first kappa shape index (κ1) is 21.1. The van der Waals surface area contributed by atoms with E-state index >= 15 is 0 Å². The molecule has 5 heteroatoms. The minimum atomic E-state index is -0.250. The smallest absolute Gasteiger partial charge is 0.251 e. The van der Waals surface area contributed by atoms with Gasteiger partial charge in [-0.3, -0.25) is 9.59 Å². The molecule has 0 spiro atoms. The fourth-order valence-electron chi connectivity index (χ4n) is 3.55.